The molecule has 0 aliphatic carbocycles. The monoisotopic (exact) mass is 378 g/mol. The zero-order valence-corrected chi connectivity index (χ0v) is 14.6. The highest BCUT2D eigenvalue weighted by molar-refractivity contribution is 9.10. The zero-order chi connectivity index (χ0) is 16.2. The number of halogens is 1. The van der Waals surface area contributed by atoms with Gasteiger partial charge in [0.15, 0.2) is 0 Å². The average Bonchev–Trinajstić information content (AvgIpc) is 2.56. The van der Waals surface area contributed by atoms with Crippen molar-refractivity contribution in [2.45, 2.75) is 25.8 Å². The summed E-state index contributed by atoms with van der Waals surface area (Å²) >= 11 is 3.49. The molecule has 1 N–H and O–H groups in total. The van der Waals surface area contributed by atoms with Crippen LogP contribution in [0.3, 0.4) is 0 Å². The lowest BCUT2D eigenvalue weighted by atomic mass is 10.1. The van der Waals surface area contributed by atoms with Crippen LogP contribution >= 0.6 is 15.9 Å². The fraction of sp³-hybridized carbons (Fsp3) is 0.412. The van der Waals surface area contributed by atoms with E-state index in [2.05, 4.69) is 26.2 Å². The number of anilines is 1. The van der Waals surface area contributed by atoms with Gasteiger partial charge in [-0.2, -0.15) is 0 Å². The van der Waals surface area contributed by atoms with Crippen LogP contribution in [-0.4, -0.2) is 36.8 Å². The van der Waals surface area contributed by atoms with E-state index < -0.39 is 0 Å². The van der Waals surface area contributed by atoms with E-state index in [1.807, 2.05) is 18.2 Å². The van der Waals surface area contributed by atoms with E-state index in [1.165, 1.54) is 0 Å². The fourth-order valence-electron chi connectivity index (χ4n) is 2.74. The third-order valence-electron chi connectivity index (χ3n) is 3.83. The molecule has 2 heterocycles. The molecule has 1 aromatic heterocycles. The van der Waals surface area contributed by atoms with Crippen LogP contribution in [0.15, 0.2) is 28.9 Å². The number of aromatic nitrogens is 1. The van der Waals surface area contributed by atoms with Gasteiger partial charge in [-0.1, -0.05) is 15.9 Å². The number of pyridine rings is 1. The first-order valence-electron chi connectivity index (χ1n) is 7.78. The molecule has 1 aliphatic rings. The molecule has 0 saturated carbocycles. The lowest BCUT2D eigenvalue weighted by Crippen LogP contribution is -2.31. The number of nitrogens with zero attached hydrogens (tertiary/aromatic N) is 1. The molecule has 0 radical (unpaired) electrons. The van der Waals surface area contributed by atoms with Gasteiger partial charge in [0.25, 0.3) is 0 Å². The third-order valence-corrected chi connectivity index (χ3v) is 4.33. The number of esters is 1. The van der Waals surface area contributed by atoms with Crippen LogP contribution in [0, 0.1) is 0 Å². The number of benzene rings is 1. The quantitative estimate of drug-likeness (QED) is 0.820. The van der Waals surface area contributed by atoms with E-state index >= 15 is 0 Å². The van der Waals surface area contributed by atoms with Crippen molar-refractivity contribution < 1.29 is 14.3 Å². The number of carbonyl (C=O) groups is 1. The number of rotatable bonds is 4. The van der Waals surface area contributed by atoms with Gasteiger partial charge in [-0.15, -0.1) is 0 Å². The molecule has 3 rings (SSSR count). The molecule has 1 atom stereocenters. The van der Waals surface area contributed by atoms with Crippen LogP contribution in [0.4, 0.5) is 5.69 Å². The predicted molar refractivity (Wildman–Crippen MR) is 92.9 cm³/mol. The Balaban J connectivity index is 2.06. The molecule has 1 unspecified atom stereocenters. The van der Waals surface area contributed by atoms with Crippen LogP contribution in [0.1, 0.15) is 30.1 Å². The topological polar surface area (TPSA) is 60.5 Å². The largest absolute Gasteiger partial charge is 0.462 e. The maximum atomic E-state index is 12.3. The Labute approximate surface area is 143 Å². The van der Waals surface area contributed by atoms with Gasteiger partial charge < -0.3 is 14.8 Å². The minimum Gasteiger partial charge on any atom is -0.462 e. The summed E-state index contributed by atoms with van der Waals surface area (Å²) in [5, 5.41) is 4.37. The summed E-state index contributed by atoms with van der Waals surface area (Å²) < 4.78 is 11.6. The van der Waals surface area contributed by atoms with Crippen molar-refractivity contribution in [2.75, 3.05) is 25.1 Å². The Morgan fingerprint density at radius 3 is 3.13 bits per heavy atom. The minimum atomic E-state index is -0.360. The van der Waals surface area contributed by atoms with Crippen molar-refractivity contribution in [3.63, 3.8) is 0 Å². The molecule has 1 fully saturated rings. The number of fused-ring (bicyclic) bond motifs is 1. The summed E-state index contributed by atoms with van der Waals surface area (Å²) in [5.41, 5.74) is 2.06. The van der Waals surface area contributed by atoms with Gasteiger partial charge in [0.05, 0.1) is 24.4 Å². The molecule has 0 bridgehead atoms. The predicted octanol–water partition coefficient (Wildman–Crippen LogP) is 3.76. The molecular weight excluding hydrogens is 360 g/mol. The number of nitrogens with one attached hydrogen (secondary N) is 1. The maximum Gasteiger partial charge on any atom is 0.341 e. The Morgan fingerprint density at radius 1 is 1.52 bits per heavy atom. The third kappa shape index (κ3) is 3.64. The number of hydrogen-bond acceptors (Lipinski definition) is 5. The zero-order valence-electron chi connectivity index (χ0n) is 13.0. The van der Waals surface area contributed by atoms with Gasteiger partial charge in [0.2, 0.25) is 0 Å². The lowest BCUT2D eigenvalue weighted by molar-refractivity contribution is 0.0526. The summed E-state index contributed by atoms with van der Waals surface area (Å²) in [6, 6.07) is 6.02. The normalized spacial score (nSPS) is 17.9. The van der Waals surface area contributed by atoms with E-state index in [9.17, 15) is 4.79 Å². The minimum absolute atomic E-state index is 0.182. The first-order chi connectivity index (χ1) is 11.2. The fourth-order valence-corrected chi connectivity index (χ4v) is 3.10. The SMILES string of the molecule is CCOC(=O)c1cnc2ccc(Br)cc2c1NC1CCCOC1. The van der Waals surface area contributed by atoms with E-state index in [1.54, 1.807) is 13.1 Å². The molecule has 1 saturated heterocycles. The highest BCUT2D eigenvalue weighted by Crippen LogP contribution is 2.30. The molecule has 1 aromatic carbocycles. The standard InChI is InChI=1S/C17H19BrN2O3/c1-2-23-17(21)14-9-19-15-6-5-11(18)8-13(15)16(14)20-12-4-3-7-22-10-12/h5-6,8-9,12H,2-4,7,10H2,1H3,(H,19,20). The molecule has 23 heavy (non-hydrogen) atoms. The first-order valence-corrected chi connectivity index (χ1v) is 8.58. The number of carbonyl (C=O) groups excluding carboxylic acids is 1. The summed E-state index contributed by atoms with van der Waals surface area (Å²) in [5.74, 6) is -0.360. The van der Waals surface area contributed by atoms with Crippen molar-refractivity contribution in [1.29, 1.82) is 0 Å². The Hall–Kier alpha value is -1.66. The van der Waals surface area contributed by atoms with Gasteiger partial charge in [-0.3, -0.25) is 4.98 Å². The highest BCUT2D eigenvalue weighted by atomic mass is 79.9. The van der Waals surface area contributed by atoms with Gasteiger partial charge >= 0.3 is 5.97 Å². The molecule has 1 aliphatic heterocycles. The van der Waals surface area contributed by atoms with Gasteiger partial charge in [0, 0.05) is 28.7 Å². The highest BCUT2D eigenvalue weighted by Gasteiger charge is 2.21. The molecule has 2 aromatic rings. The first kappa shape index (κ1) is 16.2. The second-order valence-corrected chi connectivity index (χ2v) is 6.40. The maximum absolute atomic E-state index is 12.3. The smallest absolute Gasteiger partial charge is 0.341 e. The van der Waals surface area contributed by atoms with Crippen LogP contribution in [0.2, 0.25) is 0 Å². The van der Waals surface area contributed by atoms with Crippen molar-refractivity contribution >= 4 is 38.5 Å². The van der Waals surface area contributed by atoms with Crippen LogP contribution in [0.25, 0.3) is 10.9 Å². The van der Waals surface area contributed by atoms with Gasteiger partial charge in [0.1, 0.15) is 5.56 Å². The molecule has 0 amide bonds. The molecule has 122 valence electrons. The molecular formula is C17H19BrN2O3. The Morgan fingerprint density at radius 2 is 2.39 bits per heavy atom. The summed E-state index contributed by atoms with van der Waals surface area (Å²) in [7, 11) is 0. The number of hydrogen-bond donors (Lipinski definition) is 1. The number of ether oxygens (including phenoxy) is 2. The van der Waals surface area contributed by atoms with Crippen molar-refractivity contribution in [1.82, 2.24) is 4.98 Å². The van der Waals surface area contributed by atoms with E-state index in [0.29, 0.717) is 18.8 Å². The van der Waals surface area contributed by atoms with Crippen LogP contribution < -0.4 is 5.32 Å². The van der Waals surface area contributed by atoms with E-state index in [-0.39, 0.29) is 12.0 Å². The molecule has 0 spiro atoms. The lowest BCUT2D eigenvalue weighted by Gasteiger charge is -2.25. The summed E-state index contributed by atoms with van der Waals surface area (Å²) in [4.78, 5) is 16.7. The molecule has 5 nitrogen and oxygen atoms in total. The van der Waals surface area contributed by atoms with E-state index in [0.717, 1.165) is 40.5 Å². The summed E-state index contributed by atoms with van der Waals surface area (Å²) in [6.45, 7) is 3.57. The van der Waals surface area contributed by atoms with Crippen molar-refractivity contribution in [3.05, 3.63) is 34.4 Å². The van der Waals surface area contributed by atoms with Gasteiger partial charge in [-0.25, -0.2) is 4.79 Å². The van der Waals surface area contributed by atoms with Crippen LogP contribution in [-0.2, 0) is 9.47 Å². The van der Waals surface area contributed by atoms with Gasteiger partial charge in [-0.05, 0) is 38.0 Å². The van der Waals surface area contributed by atoms with E-state index in [4.69, 9.17) is 9.47 Å². The Bertz CT molecular complexity index is 714. The average molecular weight is 379 g/mol. The van der Waals surface area contributed by atoms with Crippen molar-refractivity contribution in [2.24, 2.45) is 0 Å². The second-order valence-electron chi connectivity index (χ2n) is 5.49. The second kappa shape index (κ2) is 7.27. The summed E-state index contributed by atoms with van der Waals surface area (Å²) in [6.07, 6.45) is 3.61. The Kier molecular flexibility index (Phi) is 5.13. The molecule has 6 heteroatoms. The van der Waals surface area contributed by atoms with Crippen LogP contribution in [0.5, 0.6) is 0 Å². The van der Waals surface area contributed by atoms with Crippen molar-refractivity contribution in [3.8, 4) is 0 Å².